The molecule has 0 saturated heterocycles. The molecule has 0 bridgehead atoms. The topological polar surface area (TPSA) is 94.7 Å². The molecule has 0 fully saturated rings. The first-order valence-corrected chi connectivity index (χ1v) is 11.1. The molecule has 35 heavy (non-hydrogen) atoms. The number of allylic oxidation sites excluding steroid dienone is 1. The molecule has 7 heteroatoms. The molecule has 0 spiro atoms. The Hall–Kier alpha value is -4.65. The van der Waals surface area contributed by atoms with Crippen molar-refractivity contribution in [3.63, 3.8) is 0 Å². The number of carbonyl (C=O) groups excluding carboxylic acids is 2. The summed E-state index contributed by atoms with van der Waals surface area (Å²) >= 11 is 0. The van der Waals surface area contributed by atoms with E-state index >= 15 is 0 Å². The lowest BCUT2D eigenvalue weighted by Crippen LogP contribution is -2.26. The van der Waals surface area contributed by atoms with E-state index in [9.17, 15) is 14.4 Å². The van der Waals surface area contributed by atoms with Gasteiger partial charge in [0.05, 0.1) is 19.1 Å². The van der Waals surface area contributed by atoms with E-state index in [1.165, 1.54) is 0 Å². The smallest absolute Gasteiger partial charge is 0.312 e. The molecule has 6 rings (SSSR count). The van der Waals surface area contributed by atoms with Crippen molar-refractivity contribution < 1.29 is 23.8 Å². The quantitative estimate of drug-likeness (QED) is 0.270. The van der Waals surface area contributed by atoms with Crippen molar-refractivity contribution in [1.82, 2.24) is 4.98 Å². The first kappa shape index (κ1) is 20.9. The third-order valence-electron chi connectivity index (χ3n) is 6.35. The van der Waals surface area contributed by atoms with Crippen LogP contribution >= 0.6 is 0 Å². The maximum atomic E-state index is 13.2. The zero-order valence-corrected chi connectivity index (χ0v) is 18.7. The molecule has 2 aliphatic rings. The van der Waals surface area contributed by atoms with Crippen LogP contribution in [-0.2, 0) is 4.79 Å². The zero-order chi connectivity index (χ0) is 24.1. The van der Waals surface area contributed by atoms with Gasteiger partial charge in [-0.1, -0.05) is 30.3 Å². The number of methoxy groups -OCH3 is 1. The standard InChI is InChI=1S/C28H19NO6/c1-33-17-8-6-15(7-9-17)12-23-26(31)18-10-11-22-25(27(18)35-23)19(14-24(30)34-22)20-13-16-4-2-3-5-21(16)29-28(20)32/h2-13,19H,14H2,1H3,(H,29,32)/b23-12+/t19-/m1/s1. The van der Waals surface area contributed by atoms with Gasteiger partial charge in [0.1, 0.15) is 17.2 Å². The molecule has 1 N–H and O–H groups in total. The van der Waals surface area contributed by atoms with Crippen molar-refractivity contribution in [2.24, 2.45) is 0 Å². The predicted molar refractivity (Wildman–Crippen MR) is 129 cm³/mol. The Morgan fingerprint density at radius 2 is 1.77 bits per heavy atom. The van der Waals surface area contributed by atoms with E-state index < -0.39 is 11.9 Å². The van der Waals surface area contributed by atoms with E-state index in [1.54, 1.807) is 43.5 Å². The third kappa shape index (κ3) is 3.49. The number of Topliss-reactive ketones (excluding diaryl/α,β-unsaturated/α-hetero) is 1. The second-order valence-electron chi connectivity index (χ2n) is 8.44. The van der Waals surface area contributed by atoms with Gasteiger partial charge >= 0.3 is 5.97 Å². The minimum absolute atomic E-state index is 0.0417. The highest BCUT2D eigenvalue weighted by molar-refractivity contribution is 6.15. The second-order valence-corrected chi connectivity index (χ2v) is 8.44. The SMILES string of the molecule is COc1ccc(/C=C2/Oc3c(ccc4c3[C@@H](c3cc5ccccc5[nH]c3=O)CC(=O)O4)C2=O)cc1. The Morgan fingerprint density at radius 1 is 0.971 bits per heavy atom. The Balaban J connectivity index is 1.47. The highest BCUT2D eigenvalue weighted by Gasteiger charge is 2.39. The summed E-state index contributed by atoms with van der Waals surface area (Å²) in [5, 5.41) is 0.840. The first-order valence-electron chi connectivity index (χ1n) is 11.1. The lowest BCUT2D eigenvalue weighted by molar-refractivity contribution is -0.135. The Morgan fingerprint density at radius 3 is 2.57 bits per heavy atom. The largest absolute Gasteiger partial charge is 0.497 e. The number of aromatic nitrogens is 1. The summed E-state index contributed by atoms with van der Waals surface area (Å²) in [5.41, 5.74) is 2.47. The average Bonchev–Trinajstić information content (AvgIpc) is 3.18. The number of esters is 1. The first-order chi connectivity index (χ1) is 17.0. The van der Waals surface area contributed by atoms with Crippen LogP contribution in [0.5, 0.6) is 17.2 Å². The van der Waals surface area contributed by atoms with E-state index in [1.807, 2.05) is 36.4 Å². The Labute approximate surface area is 199 Å². The van der Waals surface area contributed by atoms with Gasteiger partial charge in [0.25, 0.3) is 5.56 Å². The molecular formula is C28H19NO6. The lowest BCUT2D eigenvalue weighted by Gasteiger charge is -2.26. The Bertz CT molecular complexity index is 1610. The van der Waals surface area contributed by atoms with Crippen LogP contribution in [0.4, 0.5) is 0 Å². The highest BCUT2D eigenvalue weighted by Crippen LogP contribution is 2.48. The van der Waals surface area contributed by atoms with Crippen LogP contribution in [0.25, 0.3) is 17.0 Å². The molecule has 1 atom stereocenters. The number of hydrogen-bond donors (Lipinski definition) is 1. The van der Waals surface area contributed by atoms with Gasteiger partial charge in [-0.05, 0) is 53.4 Å². The minimum atomic E-state index is -0.623. The van der Waals surface area contributed by atoms with Crippen molar-refractivity contribution in [2.75, 3.05) is 7.11 Å². The van der Waals surface area contributed by atoms with Crippen LogP contribution in [0, 0.1) is 0 Å². The van der Waals surface area contributed by atoms with Crippen molar-refractivity contribution in [1.29, 1.82) is 0 Å². The van der Waals surface area contributed by atoms with Gasteiger partial charge in [0.15, 0.2) is 5.76 Å². The number of nitrogens with one attached hydrogen (secondary N) is 1. The number of carbonyl (C=O) groups is 2. The summed E-state index contributed by atoms with van der Waals surface area (Å²) in [6.07, 6.45) is 1.61. The summed E-state index contributed by atoms with van der Waals surface area (Å²) in [6.45, 7) is 0. The monoisotopic (exact) mass is 465 g/mol. The average molecular weight is 465 g/mol. The number of ether oxygens (including phenoxy) is 3. The van der Waals surface area contributed by atoms with Crippen molar-refractivity contribution in [3.05, 3.63) is 105 Å². The summed E-state index contributed by atoms with van der Waals surface area (Å²) in [5.74, 6) is 0.112. The molecule has 172 valence electrons. The minimum Gasteiger partial charge on any atom is -0.497 e. The van der Waals surface area contributed by atoms with Gasteiger partial charge in [-0.3, -0.25) is 14.4 Å². The fourth-order valence-corrected chi connectivity index (χ4v) is 4.65. The molecular weight excluding hydrogens is 446 g/mol. The van der Waals surface area contributed by atoms with Crippen LogP contribution in [0.3, 0.4) is 0 Å². The predicted octanol–water partition coefficient (Wildman–Crippen LogP) is 4.59. The van der Waals surface area contributed by atoms with Crippen LogP contribution < -0.4 is 19.8 Å². The number of pyridine rings is 1. The zero-order valence-electron chi connectivity index (χ0n) is 18.7. The number of aromatic amines is 1. The van der Waals surface area contributed by atoms with Gasteiger partial charge in [-0.15, -0.1) is 0 Å². The maximum Gasteiger partial charge on any atom is 0.312 e. The number of H-pyrrole nitrogens is 1. The molecule has 0 aliphatic carbocycles. The normalized spacial score (nSPS) is 17.6. The molecule has 4 aromatic rings. The summed E-state index contributed by atoms with van der Waals surface area (Å²) in [4.78, 5) is 41.5. The van der Waals surface area contributed by atoms with Crippen molar-refractivity contribution in [2.45, 2.75) is 12.3 Å². The second kappa shape index (κ2) is 7.99. The molecule has 0 unspecified atom stereocenters. The molecule has 3 aromatic carbocycles. The van der Waals surface area contributed by atoms with Gasteiger partial charge in [0, 0.05) is 22.6 Å². The van der Waals surface area contributed by atoms with E-state index in [0.717, 1.165) is 10.9 Å². The van der Waals surface area contributed by atoms with Gasteiger partial charge in [-0.25, -0.2) is 0 Å². The Kier molecular flexibility index (Phi) is 4.77. The molecule has 0 amide bonds. The highest BCUT2D eigenvalue weighted by atomic mass is 16.5. The van der Waals surface area contributed by atoms with E-state index in [-0.39, 0.29) is 29.3 Å². The van der Waals surface area contributed by atoms with Crippen LogP contribution in [-0.4, -0.2) is 23.8 Å². The number of para-hydroxylation sites is 1. The van der Waals surface area contributed by atoms with E-state index in [2.05, 4.69) is 4.98 Å². The number of fused-ring (bicyclic) bond motifs is 4. The number of rotatable bonds is 3. The summed E-state index contributed by atoms with van der Waals surface area (Å²) in [7, 11) is 1.58. The number of benzene rings is 3. The van der Waals surface area contributed by atoms with Gasteiger partial charge < -0.3 is 19.2 Å². The van der Waals surface area contributed by atoms with Crippen LogP contribution in [0.1, 0.15) is 39.4 Å². The van der Waals surface area contributed by atoms with Crippen LogP contribution in [0.15, 0.2) is 77.3 Å². The number of hydrogen-bond acceptors (Lipinski definition) is 6. The van der Waals surface area contributed by atoms with E-state index in [0.29, 0.717) is 33.7 Å². The number of ketones is 1. The van der Waals surface area contributed by atoms with Crippen molar-refractivity contribution >= 4 is 28.7 Å². The molecule has 0 saturated carbocycles. The fourth-order valence-electron chi connectivity index (χ4n) is 4.65. The maximum absolute atomic E-state index is 13.2. The summed E-state index contributed by atoms with van der Waals surface area (Å²) in [6, 6.07) is 19.6. The third-order valence-corrected chi connectivity index (χ3v) is 6.35. The fraction of sp³-hybridized carbons (Fsp3) is 0.107. The van der Waals surface area contributed by atoms with Gasteiger partial charge in [-0.2, -0.15) is 0 Å². The molecule has 3 heterocycles. The molecule has 7 nitrogen and oxygen atoms in total. The molecule has 2 aliphatic heterocycles. The van der Waals surface area contributed by atoms with Crippen molar-refractivity contribution in [3.8, 4) is 17.2 Å². The van der Waals surface area contributed by atoms with Crippen LogP contribution in [0.2, 0.25) is 0 Å². The van der Waals surface area contributed by atoms with Gasteiger partial charge in [0.2, 0.25) is 5.78 Å². The molecule has 0 radical (unpaired) electrons. The molecule has 1 aromatic heterocycles. The van der Waals surface area contributed by atoms with E-state index in [4.69, 9.17) is 14.2 Å². The lowest BCUT2D eigenvalue weighted by atomic mass is 9.85. The summed E-state index contributed by atoms with van der Waals surface area (Å²) < 4.78 is 16.7.